The first-order chi connectivity index (χ1) is 18.3. The van der Waals surface area contributed by atoms with Gasteiger partial charge in [0.25, 0.3) is 0 Å². The van der Waals surface area contributed by atoms with Crippen molar-refractivity contribution in [2.75, 3.05) is 13.2 Å². The van der Waals surface area contributed by atoms with Crippen LogP contribution in [0.2, 0.25) is 0 Å². The van der Waals surface area contributed by atoms with E-state index in [1.54, 1.807) is 0 Å². The first-order valence-corrected chi connectivity index (χ1v) is 16.6. The monoisotopic (exact) mass is 512 g/mol. The molecule has 1 aromatic carbocycles. The summed E-state index contributed by atoms with van der Waals surface area (Å²) >= 11 is 0. The van der Waals surface area contributed by atoms with Crippen LogP contribution in [-0.4, -0.2) is 13.2 Å². The van der Waals surface area contributed by atoms with E-state index in [4.69, 9.17) is 9.47 Å². The summed E-state index contributed by atoms with van der Waals surface area (Å²) in [7, 11) is 0. The van der Waals surface area contributed by atoms with Gasteiger partial charge < -0.3 is 9.47 Å². The summed E-state index contributed by atoms with van der Waals surface area (Å²) in [5.41, 5.74) is 0. The first-order valence-electron chi connectivity index (χ1n) is 16.6. The van der Waals surface area contributed by atoms with Crippen LogP contribution in [0.25, 0.3) is 0 Å². The highest BCUT2D eigenvalue weighted by Gasteiger charge is 2.22. The van der Waals surface area contributed by atoms with Crippen molar-refractivity contribution >= 4 is 0 Å². The molecule has 0 aromatic heterocycles. The van der Waals surface area contributed by atoms with Gasteiger partial charge in [0.15, 0.2) is 0 Å². The maximum absolute atomic E-state index is 6.15. The summed E-state index contributed by atoms with van der Waals surface area (Å²) < 4.78 is 12.2. The van der Waals surface area contributed by atoms with E-state index in [1.165, 1.54) is 135 Å². The molecule has 0 radical (unpaired) electrons. The predicted molar refractivity (Wildman–Crippen MR) is 160 cm³/mol. The molecule has 2 aliphatic rings. The Kier molecular flexibility index (Phi) is 15.6. The van der Waals surface area contributed by atoms with Gasteiger partial charge in [0.1, 0.15) is 11.5 Å². The van der Waals surface area contributed by atoms with Crippen molar-refractivity contribution in [2.45, 2.75) is 149 Å². The molecule has 0 bridgehead atoms. The molecule has 2 nitrogen and oxygen atoms in total. The van der Waals surface area contributed by atoms with Crippen LogP contribution in [0.1, 0.15) is 149 Å². The summed E-state index contributed by atoms with van der Waals surface area (Å²) in [6.07, 6.45) is 29.6. The molecule has 2 saturated carbocycles. The molecule has 0 spiro atoms. The van der Waals surface area contributed by atoms with Crippen LogP contribution in [0.5, 0.6) is 11.5 Å². The first kappa shape index (κ1) is 30.4. The number of ether oxygens (including phenoxy) is 2. The minimum Gasteiger partial charge on any atom is -0.494 e. The molecule has 212 valence electrons. The Morgan fingerprint density at radius 2 is 0.892 bits per heavy atom. The quantitative estimate of drug-likeness (QED) is 0.172. The van der Waals surface area contributed by atoms with E-state index in [1.807, 2.05) is 0 Å². The molecular weight excluding hydrogens is 452 g/mol. The second-order valence-corrected chi connectivity index (χ2v) is 12.6. The van der Waals surface area contributed by atoms with Crippen molar-refractivity contribution in [3.63, 3.8) is 0 Å². The minimum absolute atomic E-state index is 0.740. The second kappa shape index (κ2) is 19.0. The average Bonchev–Trinajstić information content (AvgIpc) is 2.94. The van der Waals surface area contributed by atoms with Crippen molar-refractivity contribution in [1.82, 2.24) is 0 Å². The molecule has 0 saturated heterocycles. The molecule has 0 amide bonds. The number of hydrogen-bond donors (Lipinski definition) is 0. The summed E-state index contributed by atoms with van der Waals surface area (Å²) in [4.78, 5) is 0. The molecule has 1 aromatic rings. The van der Waals surface area contributed by atoms with Crippen LogP contribution in [0.15, 0.2) is 24.3 Å². The zero-order valence-electron chi connectivity index (χ0n) is 24.7. The fraction of sp³-hybridized carbons (Fsp3) is 0.829. The normalized spacial score (nSPS) is 24.2. The van der Waals surface area contributed by atoms with Gasteiger partial charge in [-0.25, -0.2) is 0 Å². The Morgan fingerprint density at radius 1 is 0.486 bits per heavy atom. The Morgan fingerprint density at radius 3 is 1.41 bits per heavy atom. The molecule has 37 heavy (non-hydrogen) atoms. The number of rotatable bonds is 19. The fourth-order valence-corrected chi connectivity index (χ4v) is 6.80. The van der Waals surface area contributed by atoms with Crippen LogP contribution in [-0.2, 0) is 0 Å². The van der Waals surface area contributed by atoms with Gasteiger partial charge in [-0.05, 0) is 73.6 Å². The van der Waals surface area contributed by atoms with Gasteiger partial charge in [0, 0.05) is 0 Å². The van der Waals surface area contributed by atoms with Gasteiger partial charge >= 0.3 is 0 Å². The van der Waals surface area contributed by atoms with Crippen LogP contribution in [0.4, 0.5) is 0 Å². The highest BCUT2D eigenvalue weighted by molar-refractivity contribution is 5.31. The molecule has 0 N–H and O–H groups in total. The fourth-order valence-electron chi connectivity index (χ4n) is 6.80. The average molecular weight is 513 g/mol. The molecule has 0 aliphatic heterocycles. The van der Waals surface area contributed by atoms with Gasteiger partial charge in [-0.3, -0.25) is 0 Å². The molecular formula is C35H60O2. The van der Waals surface area contributed by atoms with Gasteiger partial charge in [-0.2, -0.15) is 0 Å². The van der Waals surface area contributed by atoms with E-state index in [2.05, 4.69) is 38.1 Å². The van der Waals surface area contributed by atoms with Gasteiger partial charge in [-0.15, -0.1) is 0 Å². The lowest BCUT2D eigenvalue weighted by Crippen LogP contribution is -2.20. The van der Waals surface area contributed by atoms with Crippen molar-refractivity contribution in [2.24, 2.45) is 23.7 Å². The standard InChI is InChI=1S/C35H60O2/c1-3-5-7-9-11-14-30-16-18-32(19-17-30)15-12-28-36-34-24-26-35(27-25-34)37-29-33-22-20-31(21-23-33)13-10-8-6-4-2/h24-27,30-33H,3-23,28-29H2,1-2H3. The molecule has 0 heterocycles. The van der Waals surface area contributed by atoms with Gasteiger partial charge in [0.05, 0.1) is 13.2 Å². The molecule has 2 fully saturated rings. The Hall–Kier alpha value is -1.18. The van der Waals surface area contributed by atoms with Gasteiger partial charge in [0.2, 0.25) is 0 Å². The Labute approximate surface area is 230 Å². The van der Waals surface area contributed by atoms with Gasteiger partial charge in [-0.1, -0.05) is 123 Å². The van der Waals surface area contributed by atoms with Crippen molar-refractivity contribution in [1.29, 1.82) is 0 Å². The third-order valence-corrected chi connectivity index (χ3v) is 9.45. The number of benzene rings is 1. The molecule has 0 unspecified atom stereocenters. The van der Waals surface area contributed by atoms with E-state index in [9.17, 15) is 0 Å². The molecule has 2 heteroatoms. The maximum atomic E-state index is 6.15. The topological polar surface area (TPSA) is 18.5 Å². The predicted octanol–water partition coefficient (Wildman–Crippen LogP) is 11.2. The van der Waals surface area contributed by atoms with E-state index in [-0.39, 0.29) is 0 Å². The Bertz CT molecular complexity index is 652. The zero-order chi connectivity index (χ0) is 26.0. The Balaban J connectivity index is 1.18. The minimum atomic E-state index is 0.740. The zero-order valence-corrected chi connectivity index (χ0v) is 24.7. The summed E-state index contributed by atoms with van der Waals surface area (Å²) in [6.45, 7) is 6.33. The van der Waals surface area contributed by atoms with Crippen LogP contribution in [0, 0.1) is 23.7 Å². The van der Waals surface area contributed by atoms with Crippen LogP contribution >= 0.6 is 0 Å². The highest BCUT2D eigenvalue weighted by atomic mass is 16.5. The maximum Gasteiger partial charge on any atom is 0.119 e. The van der Waals surface area contributed by atoms with Crippen molar-refractivity contribution in [3.05, 3.63) is 24.3 Å². The molecule has 3 rings (SSSR count). The molecule has 2 aliphatic carbocycles. The number of hydrogen-bond acceptors (Lipinski definition) is 2. The van der Waals surface area contributed by atoms with E-state index >= 15 is 0 Å². The molecule has 0 atom stereocenters. The summed E-state index contributed by atoms with van der Waals surface area (Å²) in [5.74, 6) is 5.66. The van der Waals surface area contributed by atoms with Crippen molar-refractivity contribution in [3.8, 4) is 11.5 Å². The lowest BCUT2D eigenvalue weighted by molar-refractivity contribution is 0.177. The van der Waals surface area contributed by atoms with E-state index in [0.29, 0.717) is 0 Å². The van der Waals surface area contributed by atoms with E-state index < -0.39 is 0 Å². The smallest absolute Gasteiger partial charge is 0.119 e. The van der Waals surface area contributed by atoms with Crippen LogP contribution in [0.3, 0.4) is 0 Å². The van der Waals surface area contributed by atoms with Crippen molar-refractivity contribution < 1.29 is 9.47 Å². The lowest BCUT2D eigenvalue weighted by atomic mass is 9.78. The van der Waals surface area contributed by atoms with Crippen LogP contribution < -0.4 is 9.47 Å². The summed E-state index contributed by atoms with van der Waals surface area (Å²) in [6, 6.07) is 8.37. The lowest BCUT2D eigenvalue weighted by Gasteiger charge is -2.28. The number of unbranched alkanes of at least 4 members (excludes halogenated alkanes) is 7. The second-order valence-electron chi connectivity index (χ2n) is 12.6. The SMILES string of the molecule is CCCCCCCC1CCC(CCCOc2ccc(OCC3CCC(CCCCCC)CC3)cc2)CC1. The third kappa shape index (κ3) is 12.9. The highest BCUT2D eigenvalue weighted by Crippen LogP contribution is 2.35. The van der Waals surface area contributed by atoms with E-state index in [0.717, 1.165) is 48.4 Å². The largest absolute Gasteiger partial charge is 0.494 e. The summed E-state index contributed by atoms with van der Waals surface area (Å²) in [5, 5.41) is 0. The third-order valence-electron chi connectivity index (χ3n) is 9.45.